The van der Waals surface area contributed by atoms with Crippen LogP contribution in [-0.4, -0.2) is 18.0 Å². The van der Waals surface area contributed by atoms with Crippen molar-refractivity contribution in [2.45, 2.75) is 13.8 Å². The van der Waals surface area contributed by atoms with Gasteiger partial charge in [0.2, 0.25) is 0 Å². The minimum Gasteiger partial charge on any atom is -0.282 e. The summed E-state index contributed by atoms with van der Waals surface area (Å²) in [4.78, 5) is 4.31. The van der Waals surface area contributed by atoms with Gasteiger partial charge >= 0.3 is 0 Å². The summed E-state index contributed by atoms with van der Waals surface area (Å²) >= 11 is 0. The first-order valence-corrected chi connectivity index (χ1v) is 7.59. The highest BCUT2D eigenvalue weighted by Crippen LogP contribution is 2.45. The van der Waals surface area contributed by atoms with Gasteiger partial charge in [0, 0.05) is 17.3 Å². The van der Waals surface area contributed by atoms with Gasteiger partial charge in [-0.15, -0.1) is 0 Å². The van der Waals surface area contributed by atoms with Crippen LogP contribution in [0.3, 0.4) is 0 Å². The zero-order chi connectivity index (χ0) is 14.5. The van der Waals surface area contributed by atoms with Crippen molar-refractivity contribution < 1.29 is 13.0 Å². The maximum atomic E-state index is 11.6. The normalized spacial score (nSPS) is 18.4. The van der Waals surface area contributed by atoms with Gasteiger partial charge in [0.1, 0.15) is 4.91 Å². The summed E-state index contributed by atoms with van der Waals surface area (Å²) in [5.41, 5.74) is 4.45. The molecule has 0 aliphatic heterocycles. The van der Waals surface area contributed by atoms with Gasteiger partial charge in [-0.05, 0) is 54.9 Å². The van der Waals surface area contributed by atoms with Crippen molar-refractivity contribution in [1.29, 1.82) is 0 Å². The lowest BCUT2D eigenvalue weighted by Crippen LogP contribution is -2.04. The molecule has 3 rings (SSSR count). The highest BCUT2D eigenvalue weighted by atomic mass is 32.2. The molecule has 5 heteroatoms. The zero-order valence-corrected chi connectivity index (χ0v) is 11.9. The van der Waals surface area contributed by atoms with E-state index in [9.17, 15) is 13.0 Å². The Labute approximate surface area is 117 Å². The van der Waals surface area contributed by atoms with Crippen LogP contribution in [0, 0.1) is 0 Å². The van der Waals surface area contributed by atoms with Crippen LogP contribution in [0.1, 0.15) is 19.5 Å². The first kappa shape index (κ1) is 13.0. The zero-order valence-electron chi connectivity index (χ0n) is 11.1. The molecule has 1 heterocycles. The van der Waals surface area contributed by atoms with Crippen LogP contribution in [-0.2, 0) is 10.1 Å². The van der Waals surface area contributed by atoms with Gasteiger partial charge in [-0.1, -0.05) is 6.07 Å². The van der Waals surface area contributed by atoms with Crippen molar-refractivity contribution in [1.82, 2.24) is 4.98 Å². The van der Waals surface area contributed by atoms with Crippen molar-refractivity contribution in [3.63, 3.8) is 0 Å². The summed E-state index contributed by atoms with van der Waals surface area (Å²) in [6.07, 6.45) is 5.39. The van der Waals surface area contributed by atoms with E-state index in [0.717, 1.165) is 22.4 Å². The molecule has 0 atom stereocenters. The molecule has 102 valence electrons. The highest BCUT2D eigenvalue weighted by molar-refractivity contribution is 7.90. The van der Waals surface area contributed by atoms with Crippen molar-refractivity contribution in [3.05, 3.63) is 69.4 Å². The van der Waals surface area contributed by atoms with E-state index in [1.807, 2.05) is 31.2 Å². The number of aromatic nitrogens is 1. The predicted octanol–water partition coefficient (Wildman–Crippen LogP) is 2.90. The quantitative estimate of drug-likeness (QED) is 0.849. The molecular weight excluding hydrogens is 274 g/mol. The molecule has 0 saturated carbocycles. The Kier molecular flexibility index (Phi) is 2.77. The minimum atomic E-state index is -4.23. The van der Waals surface area contributed by atoms with Crippen molar-refractivity contribution in [2.75, 3.05) is 0 Å². The Morgan fingerprint density at radius 2 is 1.75 bits per heavy atom. The van der Waals surface area contributed by atoms with Crippen LogP contribution >= 0.6 is 0 Å². The second kappa shape index (κ2) is 4.26. The number of nitrogens with zero attached hydrogens (tertiary/aromatic N) is 1. The van der Waals surface area contributed by atoms with Gasteiger partial charge in [-0.3, -0.25) is 9.54 Å². The van der Waals surface area contributed by atoms with Crippen LogP contribution in [0.15, 0.2) is 63.7 Å². The van der Waals surface area contributed by atoms with E-state index in [1.54, 1.807) is 19.2 Å². The van der Waals surface area contributed by atoms with E-state index in [2.05, 4.69) is 4.98 Å². The fourth-order valence-corrected chi connectivity index (χ4v) is 3.71. The Morgan fingerprint density at radius 3 is 2.35 bits per heavy atom. The number of rotatable bonds is 2. The minimum absolute atomic E-state index is 0.00665. The average Bonchev–Trinajstić information content (AvgIpc) is 2.87. The molecule has 1 aromatic rings. The molecular formula is C15H13NO3S. The van der Waals surface area contributed by atoms with Crippen molar-refractivity contribution in [2.24, 2.45) is 0 Å². The topological polar surface area (TPSA) is 67.3 Å². The van der Waals surface area contributed by atoms with Gasteiger partial charge in [0.25, 0.3) is 10.1 Å². The Hall–Kier alpha value is -1.98. The van der Waals surface area contributed by atoms with Gasteiger partial charge in [0.15, 0.2) is 0 Å². The van der Waals surface area contributed by atoms with E-state index < -0.39 is 10.1 Å². The lowest BCUT2D eigenvalue weighted by molar-refractivity contribution is 0.491. The molecule has 2 aliphatic carbocycles. The SMILES string of the molecule is CC1=CC(c2ccccn2)=C2C=C(C)C(S(=O)(=O)O)=C12. The fraction of sp³-hybridized carbons (Fsp3) is 0.133. The molecule has 2 aliphatic rings. The number of fused-ring (bicyclic) bond motifs is 1. The molecule has 0 saturated heterocycles. The summed E-state index contributed by atoms with van der Waals surface area (Å²) in [7, 11) is -4.23. The van der Waals surface area contributed by atoms with Gasteiger partial charge in [-0.2, -0.15) is 8.42 Å². The molecule has 0 spiro atoms. The van der Waals surface area contributed by atoms with Crippen LogP contribution in [0.4, 0.5) is 0 Å². The average molecular weight is 287 g/mol. The van der Waals surface area contributed by atoms with E-state index in [1.165, 1.54) is 0 Å². The number of pyridine rings is 1. The number of allylic oxidation sites excluding steroid dienone is 7. The maximum Gasteiger partial charge on any atom is 0.295 e. The van der Waals surface area contributed by atoms with Crippen molar-refractivity contribution >= 4 is 15.7 Å². The Morgan fingerprint density at radius 1 is 1.05 bits per heavy atom. The van der Waals surface area contributed by atoms with Crippen LogP contribution in [0.25, 0.3) is 5.57 Å². The maximum absolute atomic E-state index is 11.6. The summed E-state index contributed by atoms with van der Waals surface area (Å²) in [6.45, 7) is 3.52. The van der Waals surface area contributed by atoms with Gasteiger partial charge in [0.05, 0.1) is 5.69 Å². The summed E-state index contributed by atoms with van der Waals surface area (Å²) in [6, 6.07) is 5.59. The molecule has 0 unspecified atom stereocenters. The molecule has 1 N–H and O–H groups in total. The van der Waals surface area contributed by atoms with Gasteiger partial charge in [-0.25, -0.2) is 0 Å². The van der Waals surface area contributed by atoms with Crippen molar-refractivity contribution in [3.8, 4) is 0 Å². The third-order valence-corrected chi connectivity index (χ3v) is 4.50. The summed E-state index contributed by atoms with van der Waals surface area (Å²) in [5, 5.41) is 0. The predicted molar refractivity (Wildman–Crippen MR) is 77.2 cm³/mol. The Balaban J connectivity index is 2.30. The first-order valence-electron chi connectivity index (χ1n) is 6.15. The van der Waals surface area contributed by atoms with E-state index in [-0.39, 0.29) is 4.91 Å². The third-order valence-electron chi connectivity index (χ3n) is 3.46. The van der Waals surface area contributed by atoms with E-state index >= 15 is 0 Å². The second-order valence-electron chi connectivity index (χ2n) is 4.88. The molecule has 0 aromatic carbocycles. The van der Waals surface area contributed by atoms with Gasteiger partial charge < -0.3 is 0 Å². The Bertz CT molecular complexity index is 825. The standard InChI is InChI=1S/C15H13NO3S/c1-9-7-11(13-5-3-4-6-16-13)12-8-10(2)15(14(9)12)20(17,18)19/h3-8H,1-2H3,(H,17,18,19). The molecule has 1 aromatic heterocycles. The molecule has 4 nitrogen and oxygen atoms in total. The molecule has 0 radical (unpaired) electrons. The largest absolute Gasteiger partial charge is 0.295 e. The second-order valence-corrected chi connectivity index (χ2v) is 6.23. The summed E-state index contributed by atoms with van der Waals surface area (Å²) in [5.74, 6) is 0. The number of hydrogen-bond donors (Lipinski definition) is 1. The lowest BCUT2D eigenvalue weighted by atomic mass is 10.1. The van der Waals surface area contributed by atoms with E-state index in [4.69, 9.17) is 0 Å². The fourth-order valence-electron chi connectivity index (χ4n) is 2.71. The molecule has 20 heavy (non-hydrogen) atoms. The molecule has 0 fully saturated rings. The van der Waals surface area contributed by atoms with Crippen LogP contribution in [0.5, 0.6) is 0 Å². The highest BCUT2D eigenvalue weighted by Gasteiger charge is 2.33. The molecule has 0 amide bonds. The van der Waals surface area contributed by atoms with E-state index in [0.29, 0.717) is 11.1 Å². The third kappa shape index (κ3) is 1.87. The first-order chi connectivity index (χ1) is 9.39. The lowest BCUT2D eigenvalue weighted by Gasteiger charge is -2.04. The number of hydrogen-bond acceptors (Lipinski definition) is 3. The van der Waals surface area contributed by atoms with Crippen LogP contribution in [0.2, 0.25) is 0 Å². The monoisotopic (exact) mass is 287 g/mol. The smallest absolute Gasteiger partial charge is 0.282 e. The molecule has 0 bridgehead atoms. The van der Waals surface area contributed by atoms with Crippen LogP contribution < -0.4 is 0 Å². The summed E-state index contributed by atoms with van der Waals surface area (Å²) < 4.78 is 32.6.